The lowest BCUT2D eigenvalue weighted by atomic mass is 9.68. The summed E-state index contributed by atoms with van der Waals surface area (Å²) in [6, 6.07) is 0. The third kappa shape index (κ3) is 4.22. The number of hydrogen-bond donors (Lipinski definition) is 1. The number of rotatable bonds is 4. The van der Waals surface area contributed by atoms with Crippen LogP contribution < -0.4 is 5.73 Å². The van der Waals surface area contributed by atoms with Gasteiger partial charge in [0.25, 0.3) is 0 Å². The highest BCUT2D eigenvalue weighted by atomic mass is 16.5. The predicted molar refractivity (Wildman–Crippen MR) is 90.3 cm³/mol. The Bertz CT molecular complexity index is 312. The zero-order valence-electron chi connectivity index (χ0n) is 14.8. The largest absolute Gasteiger partial charge is 0.370 e. The summed E-state index contributed by atoms with van der Waals surface area (Å²) in [6.45, 7) is 10.2. The Labute approximate surface area is 132 Å². The third-order valence-corrected chi connectivity index (χ3v) is 6.26. The maximum Gasteiger partial charge on any atom is 0.0808 e. The molecule has 2 aliphatic carbocycles. The van der Waals surface area contributed by atoms with Crippen LogP contribution >= 0.6 is 0 Å². The number of nitrogens with two attached hydrogens (primary N) is 1. The molecule has 2 rings (SSSR count). The van der Waals surface area contributed by atoms with Crippen molar-refractivity contribution in [2.75, 3.05) is 6.54 Å². The summed E-state index contributed by atoms with van der Waals surface area (Å²) in [5.41, 5.74) is 6.58. The van der Waals surface area contributed by atoms with Crippen LogP contribution in [0.2, 0.25) is 0 Å². The van der Waals surface area contributed by atoms with Gasteiger partial charge in [0.2, 0.25) is 0 Å². The van der Waals surface area contributed by atoms with Gasteiger partial charge in [-0.1, -0.05) is 47.0 Å². The average molecular weight is 296 g/mol. The molecule has 0 radical (unpaired) electrons. The smallest absolute Gasteiger partial charge is 0.0808 e. The molecular formula is C19H37NO. The molecule has 2 N–H and O–H groups in total. The van der Waals surface area contributed by atoms with Crippen LogP contribution in [0.15, 0.2) is 0 Å². The van der Waals surface area contributed by atoms with Gasteiger partial charge in [0, 0.05) is 6.54 Å². The Kier molecular flexibility index (Phi) is 5.76. The van der Waals surface area contributed by atoms with Gasteiger partial charge >= 0.3 is 0 Å². The summed E-state index contributed by atoms with van der Waals surface area (Å²) >= 11 is 0. The molecule has 2 fully saturated rings. The van der Waals surface area contributed by atoms with Gasteiger partial charge in [-0.25, -0.2) is 0 Å². The van der Waals surface area contributed by atoms with E-state index in [0.717, 1.165) is 11.8 Å². The van der Waals surface area contributed by atoms with Crippen molar-refractivity contribution in [3.8, 4) is 0 Å². The molecule has 2 saturated carbocycles. The second-order valence-electron chi connectivity index (χ2n) is 8.64. The summed E-state index contributed by atoms with van der Waals surface area (Å²) < 4.78 is 6.71. The van der Waals surface area contributed by atoms with Crippen molar-refractivity contribution < 1.29 is 4.74 Å². The molecule has 2 atom stereocenters. The van der Waals surface area contributed by atoms with Crippen molar-refractivity contribution in [2.45, 2.75) is 97.2 Å². The fourth-order valence-electron chi connectivity index (χ4n) is 4.50. The molecule has 2 nitrogen and oxygen atoms in total. The predicted octanol–water partition coefficient (Wildman–Crippen LogP) is 4.91. The molecule has 0 aromatic carbocycles. The minimum atomic E-state index is -0.0167. The Hall–Kier alpha value is -0.0800. The summed E-state index contributed by atoms with van der Waals surface area (Å²) in [4.78, 5) is 0. The molecule has 0 aliphatic heterocycles. The van der Waals surface area contributed by atoms with E-state index in [1.54, 1.807) is 0 Å². The van der Waals surface area contributed by atoms with Gasteiger partial charge in [-0.15, -0.1) is 0 Å². The summed E-state index contributed by atoms with van der Waals surface area (Å²) in [5.74, 6) is 1.59. The zero-order valence-corrected chi connectivity index (χ0v) is 14.8. The zero-order chi connectivity index (χ0) is 15.5. The van der Waals surface area contributed by atoms with Crippen LogP contribution in [0.1, 0.15) is 85.5 Å². The van der Waals surface area contributed by atoms with Crippen LogP contribution in [0.25, 0.3) is 0 Å². The first-order valence-electron chi connectivity index (χ1n) is 9.28. The van der Waals surface area contributed by atoms with E-state index in [9.17, 15) is 0 Å². The van der Waals surface area contributed by atoms with Gasteiger partial charge in [-0.3, -0.25) is 0 Å². The molecule has 0 spiro atoms. The van der Waals surface area contributed by atoms with Crippen LogP contribution in [0.5, 0.6) is 0 Å². The first kappa shape index (κ1) is 17.3. The number of ether oxygens (including phenoxy) is 1. The SMILES string of the molecule is CCC1CCCCC1OC1(CN)CCC(C(C)(C)C)CC1. The monoisotopic (exact) mass is 295 g/mol. The molecule has 0 bridgehead atoms. The highest BCUT2D eigenvalue weighted by Crippen LogP contribution is 2.44. The van der Waals surface area contributed by atoms with E-state index in [-0.39, 0.29) is 5.60 Å². The standard InChI is InChI=1S/C19H37NO/c1-5-15-8-6-7-9-17(15)21-19(14-20)12-10-16(11-13-19)18(2,3)4/h15-17H,5-14,20H2,1-4H3. The molecule has 0 amide bonds. The fraction of sp³-hybridized carbons (Fsp3) is 1.00. The van der Waals surface area contributed by atoms with Gasteiger partial charge in [0.15, 0.2) is 0 Å². The molecule has 0 heterocycles. The van der Waals surface area contributed by atoms with Crippen LogP contribution in [0.4, 0.5) is 0 Å². The topological polar surface area (TPSA) is 35.2 Å². The normalized spacial score (nSPS) is 38.4. The number of hydrogen-bond acceptors (Lipinski definition) is 2. The average Bonchev–Trinajstić information content (AvgIpc) is 2.47. The Morgan fingerprint density at radius 2 is 1.67 bits per heavy atom. The van der Waals surface area contributed by atoms with Crippen LogP contribution in [-0.2, 0) is 4.74 Å². The maximum absolute atomic E-state index is 6.71. The molecule has 0 saturated heterocycles. The van der Waals surface area contributed by atoms with Gasteiger partial charge in [0.05, 0.1) is 11.7 Å². The molecular weight excluding hydrogens is 258 g/mol. The highest BCUT2D eigenvalue weighted by Gasteiger charge is 2.41. The summed E-state index contributed by atoms with van der Waals surface area (Å²) in [6.07, 6.45) is 12.0. The van der Waals surface area contributed by atoms with Crippen molar-refractivity contribution in [1.29, 1.82) is 0 Å². The van der Waals surface area contributed by atoms with Crippen LogP contribution in [0, 0.1) is 17.3 Å². The maximum atomic E-state index is 6.71. The Morgan fingerprint density at radius 1 is 1.05 bits per heavy atom. The highest BCUT2D eigenvalue weighted by molar-refractivity contribution is 4.93. The lowest BCUT2D eigenvalue weighted by Crippen LogP contribution is -2.49. The second kappa shape index (κ2) is 7.00. The molecule has 21 heavy (non-hydrogen) atoms. The van der Waals surface area contributed by atoms with Crippen molar-refractivity contribution in [3.05, 3.63) is 0 Å². The third-order valence-electron chi connectivity index (χ3n) is 6.26. The van der Waals surface area contributed by atoms with Crippen LogP contribution in [-0.4, -0.2) is 18.2 Å². The Morgan fingerprint density at radius 3 is 2.19 bits per heavy atom. The molecule has 124 valence electrons. The molecule has 0 aromatic rings. The molecule has 2 heteroatoms. The van der Waals surface area contributed by atoms with Crippen molar-refractivity contribution in [3.63, 3.8) is 0 Å². The molecule has 2 unspecified atom stereocenters. The Balaban J connectivity index is 1.96. The first-order valence-corrected chi connectivity index (χ1v) is 9.28. The summed E-state index contributed by atoms with van der Waals surface area (Å²) in [5, 5.41) is 0. The first-order chi connectivity index (χ1) is 9.90. The minimum Gasteiger partial charge on any atom is -0.370 e. The second-order valence-corrected chi connectivity index (χ2v) is 8.64. The molecule has 0 aromatic heterocycles. The van der Waals surface area contributed by atoms with E-state index in [0.29, 0.717) is 18.1 Å². The van der Waals surface area contributed by atoms with Gasteiger partial charge in [0.1, 0.15) is 0 Å². The quantitative estimate of drug-likeness (QED) is 0.800. The van der Waals surface area contributed by atoms with Crippen molar-refractivity contribution in [1.82, 2.24) is 0 Å². The van der Waals surface area contributed by atoms with E-state index in [4.69, 9.17) is 10.5 Å². The fourth-order valence-corrected chi connectivity index (χ4v) is 4.50. The van der Waals surface area contributed by atoms with Gasteiger partial charge in [-0.05, 0) is 55.8 Å². The summed E-state index contributed by atoms with van der Waals surface area (Å²) in [7, 11) is 0. The van der Waals surface area contributed by atoms with E-state index in [2.05, 4.69) is 27.7 Å². The molecule has 2 aliphatic rings. The van der Waals surface area contributed by atoms with E-state index < -0.39 is 0 Å². The van der Waals surface area contributed by atoms with E-state index in [1.165, 1.54) is 57.8 Å². The van der Waals surface area contributed by atoms with Gasteiger partial charge in [-0.2, -0.15) is 0 Å². The van der Waals surface area contributed by atoms with Crippen LogP contribution in [0.3, 0.4) is 0 Å². The van der Waals surface area contributed by atoms with Crippen molar-refractivity contribution in [2.24, 2.45) is 23.0 Å². The lowest BCUT2D eigenvalue weighted by Gasteiger charge is -2.46. The van der Waals surface area contributed by atoms with E-state index >= 15 is 0 Å². The lowest BCUT2D eigenvalue weighted by molar-refractivity contribution is -0.146. The minimum absolute atomic E-state index is 0.0167. The van der Waals surface area contributed by atoms with Gasteiger partial charge < -0.3 is 10.5 Å². The van der Waals surface area contributed by atoms with E-state index in [1.807, 2.05) is 0 Å². The van der Waals surface area contributed by atoms with Crippen molar-refractivity contribution >= 4 is 0 Å².